The van der Waals surface area contributed by atoms with Gasteiger partial charge in [0.2, 0.25) is 5.91 Å². The minimum atomic E-state index is -0.856. The number of carbonyl (C=O) groups excluding carboxylic acids is 1. The summed E-state index contributed by atoms with van der Waals surface area (Å²) in [4.78, 5) is 21.6. The Hall–Kier alpha value is -1.85. The Labute approximate surface area is 99.6 Å². The lowest BCUT2D eigenvalue weighted by Crippen LogP contribution is -2.35. The summed E-state index contributed by atoms with van der Waals surface area (Å²) < 4.78 is 1.72. The van der Waals surface area contributed by atoms with Crippen LogP contribution in [0.4, 0.5) is 0 Å². The van der Waals surface area contributed by atoms with Gasteiger partial charge in [-0.15, -0.1) is 0 Å². The molecule has 0 aliphatic rings. The second-order valence-corrected chi connectivity index (χ2v) is 3.98. The third-order valence-electron chi connectivity index (χ3n) is 2.49. The van der Waals surface area contributed by atoms with E-state index in [0.29, 0.717) is 12.8 Å². The lowest BCUT2D eigenvalue weighted by atomic mass is 10.1. The molecule has 0 saturated carbocycles. The Bertz CT molecular complexity index is 400. The second kappa shape index (κ2) is 6.03. The minimum Gasteiger partial charge on any atom is -0.481 e. The average Bonchev–Trinajstić information content (AvgIpc) is 2.60. The number of hydrogen-bond acceptors (Lipinski definition) is 3. The smallest absolute Gasteiger partial charge is 0.303 e. The molecule has 6 nitrogen and oxygen atoms in total. The number of hydrogen-bond donors (Lipinski definition) is 2. The summed E-state index contributed by atoms with van der Waals surface area (Å²) in [5.41, 5.74) is 0.967. The Morgan fingerprint density at radius 2 is 2.29 bits per heavy atom. The van der Waals surface area contributed by atoms with E-state index in [1.54, 1.807) is 10.9 Å². The summed E-state index contributed by atoms with van der Waals surface area (Å²) in [7, 11) is 1.82. The number of nitrogens with one attached hydrogen (secondary N) is 1. The first-order valence-corrected chi connectivity index (χ1v) is 5.45. The van der Waals surface area contributed by atoms with Gasteiger partial charge in [-0.1, -0.05) is 0 Å². The number of aryl methyl sites for hydroxylation is 1. The first-order valence-electron chi connectivity index (χ1n) is 5.45. The minimum absolute atomic E-state index is 0.0444. The van der Waals surface area contributed by atoms with Gasteiger partial charge in [-0.05, 0) is 12.5 Å². The van der Waals surface area contributed by atoms with E-state index in [1.807, 2.05) is 13.1 Å². The largest absolute Gasteiger partial charge is 0.481 e. The zero-order valence-electron chi connectivity index (χ0n) is 10.0. The third-order valence-corrected chi connectivity index (χ3v) is 2.49. The summed E-state index contributed by atoms with van der Waals surface area (Å²) in [6, 6.07) is 1.69. The van der Waals surface area contributed by atoms with Gasteiger partial charge in [-0.25, -0.2) is 0 Å². The molecular weight excluding hydrogens is 222 g/mol. The van der Waals surface area contributed by atoms with Crippen LogP contribution in [0.1, 0.15) is 25.5 Å². The molecule has 1 unspecified atom stereocenters. The van der Waals surface area contributed by atoms with Crippen LogP contribution in [0.25, 0.3) is 0 Å². The summed E-state index contributed by atoms with van der Waals surface area (Å²) in [5, 5.41) is 15.4. The highest BCUT2D eigenvalue weighted by molar-refractivity contribution is 5.73. The monoisotopic (exact) mass is 239 g/mol. The van der Waals surface area contributed by atoms with E-state index in [1.165, 1.54) is 6.92 Å². The molecule has 1 aromatic heterocycles. The Morgan fingerprint density at radius 3 is 2.76 bits per heavy atom. The number of carboxylic acid groups (broad SMARTS) is 1. The maximum Gasteiger partial charge on any atom is 0.303 e. The molecule has 0 aliphatic heterocycles. The van der Waals surface area contributed by atoms with Crippen molar-refractivity contribution in [2.75, 3.05) is 0 Å². The van der Waals surface area contributed by atoms with Crippen molar-refractivity contribution < 1.29 is 14.7 Å². The molecule has 94 valence electrons. The van der Waals surface area contributed by atoms with Gasteiger partial charge in [0.1, 0.15) is 0 Å². The van der Waals surface area contributed by atoms with E-state index in [0.717, 1.165) is 5.69 Å². The number of nitrogens with zero attached hydrogens (tertiary/aromatic N) is 2. The van der Waals surface area contributed by atoms with Crippen LogP contribution < -0.4 is 5.32 Å². The van der Waals surface area contributed by atoms with Crippen molar-refractivity contribution in [3.8, 4) is 0 Å². The fraction of sp³-hybridized carbons (Fsp3) is 0.545. The topological polar surface area (TPSA) is 84.2 Å². The fourth-order valence-corrected chi connectivity index (χ4v) is 1.66. The predicted octanol–water partition coefficient (Wildman–Crippen LogP) is 0.332. The van der Waals surface area contributed by atoms with E-state index in [-0.39, 0.29) is 18.4 Å². The average molecular weight is 239 g/mol. The van der Waals surface area contributed by atoms with Crippen molar-refractivity contribution in [1.82, 2.24) is 15.1 Å². The molecule has 1 heterocycles. The van der Waals surface area contributed by atoms with E-state index >= 15 is 0 Å². The number of aliphatic carboxylic acids is 1. The van der Waals surface area contributed by atoms with Crippen LogP contribution in [-0.4, -0.2) is 32.8 Å². The van der Waals surface area contributed by atoms with Gasteiger partial charge in [-0.3, -0.25) is 14.3 Å². The molecular formula is C11H17N3O3. The number of carbonyl (C=O) groups is 2. The van der Waals surface area contributed by atoms with Crippen molar-refractivity contribution in [2.45, 2.75) is 32.2 Å². The summed E-state index contributed by atoms with van der Waals surface area (Å²) in [6.45, 7) is 1.43. The molecule has 2 N–H and O–H groups in total. The first-order chi connectivity index (χ1) is 7.99. The van der Waals surface area contributed by atoms with Gasteiger partial charge in [0.15, 0.2) is 0 Å². The van der Waals surface area contributed by atoms with Gasteiger partial charge in [-0.2, -0.15) is 5.10 Å². The maximum atomic E-state index is 11.0. The molecule has 0 radical (unpaired) electrons. The van der Waals surface area contributed by atoms with Crippen molar-refractivity contribution in [2.24, 2.45) is 7.05 Å². The van der Waals surface area contributed by atoms with Gasteiger partial charge in [0.25, 0.3) is 0 Å². The van der Waals surface area contributed by atoms with E-state index in [9.17, 15) is 9.59 Å². The fourth-order valence-electron chi connectivity index (χ4n) is 1.66. The maximum absolute atomic E-state index is 11.0. The van der Waals surface area contributed by atoms with Crippen LogP contribution in [-0.2, 0) is 23.1 Å². The standard InChI is InChI=1S/C11H17N3O3/c1-8(15)13-9(3-4-11(16)17)7-10-5-6-12-14(10)2/h5-6,9H,3-4,7H2,1-2H3,(H,13,15)(H,16,17). The molecule has 0 saturated heterocycles. The number of rotatable bonds is 6. The van der Waals surface area contributed by atoms with Crippen LogP contribution in [0.3, 0.4) is 0 Å². The highest BCUT2D eigenvalue weighted by Gasteiger charge is 2.14. The lowest BCUT2D eigenvalue weighted by Gasteiger charge is -2.16. The van der Waals surface area contributed by atoms with Gasteiger partial charge in [0, 0.05) is 44.7 Å². The first kappa shape index (κ1) is 13.2. The Kier molecular flexibility index (Phi) is 4.68. The SMILES string of the molecule is CC(=O)NC(CCC(=O)O)Cc1ccnn1C. The van der Waals surface area contributed by atoms with Gasteiger partial charge in [0.05, 0.1) is 0 Å². The molecule has 0 aromatic carbocycles. The van der Waals surface area contributed by atoms with E-state index in [2.05, 4.69) is 10.4 Å². The second-order valence-electron chi connectivity index (χ2n) is 3.98. The number of amides is 1. The van der Waals surface area contributed by atoms with Crippen LogP contribution in [0, 0.1) is 0 Å². The van der Waals surface area contributed by atoms with Crippen molar-refractivity contribution in [1.29, 1.82) is 0 Å². The predicted molar refractivity (Wildman–Crippen MR) is 61.4 cm³/mol. The highest BCUT2D eigenvalue weighted by Crippen LogP contribution is 2.07. The Morgan fingerprint density at radius 1 is 1.59 bits per heavy atom. The molecule has 1 rings (SSSR count). The summed E-state index contributed by atoms with van der Waals surface area (Å²) in [6.07, 6.45) is 2.73. The lowest BCUT2D eigenvalue weighted by molar-refractivity contribution is -0.137. The number of aromatic nitrogens is 2. The van der Waals surface area contributed by atoms with E-state index < -0.39 is 5.97 Å². The molecule has 0 aliphatic carbocycles. The quantitative estimate of drug-likeness (QED) is 0.749. The molecule has 0 bridgehead atoms. The molecule has 1 amide bonds. The summed E-state index contributed by atoms with van der Waals surface area (Å²) in [5.74, 6) is -1.01. The van der Waals surface area contributed by atoms with Gasteiger partial charge >= 0.3 is 5.97 Å². The number of carboxylic acids is 1. The zero-order chi connectivity index (χ0) is 12.8. The molecule has 0 spiro atoms. The van der Waals surface area contributed by atoms with Crippen LogP contribution in [0.5, 0.6) is 0 Å². The van der Waals surface area contributed by atoms with Crippen molar-refractivity contribution in [3.05, 3.63) is 18.0 Å². The van der Waals surface area contributed by atoms with E-state index in [4.69, 9.17) is 5.11 Å². The molecule has 1 aromatic rings. The molecule has 0 fully saturated rings. The Balaban J connectivity index is 2.59. The van der Waals surface area contributed by atoms with Gasteiger partial charge < -0.3 is 10.4 Å². The van der Waals surface area contributed by atoms with Crippen molar-refractivity contribution in [3.63, 3.8) is 0 Å². The summed E-state index contributed by atoms with van der Waals surface area (Å²) >= 11 is 0. The molecule has 6 heteroatoms. The normalized spacial score (nSPS) is 12.1. The van der Waals surface area contributed by atoms with Crippen LogP contribution in [0.2, 0.25) is 0 Å². The molecule has 17 heavy (non-hydrogen) atoms. The van der Waals surface area contributed by atoms with Crippen molar-refractivity contribution >= 4 is 11.9 Å². The zero-order valence-corrected chi connectivity index (χ0v) is 10.0. The highest BCUT2D eigenvalue weighted by atomic mass is 16.4. The molecule has 1 atom stereocenters. The van der Waals surface area contributed by atoms with Crippen LogP contribution in [0.15, 0.2) is 12.3 Å². The van der Waals surface area contributed by atoms with Crippen LogP contribution >= 0.6 is 0 Å². The third kappa shape index (κ3) is 4.67.